The number of aromatic nitrogens is 6. The second-order valence-electron chi connectivity index (χ2n) is 8.25. The maximum absolute atomic E-state index is 11.0. The molecule has 4 N–H and O–H groups in total. The van der Waals surface area contributed by atoms with Crippen LogP contribution in [0, 0.1) is 12.8 Å². The number of aliphatic hydroxyl groups is 1. The smallest absolute Gasteiger partial charge is 0.333 e. The van der Waals surface area contributed by atoms with Crippen molar-refractivity contribution in [2.75, 3.05) is 11.9 Å². The summed E-state index contributed by atoms with van der Waals surface area (Å²) in [5.41, 5.74) is 1.98. The molecule has 3 aromatic rings. The third kappa shape index (κ3) is 6.35. The molecule has 4 rings (SSSR count). The fourth-order valence-electron chi connectivity index (χ4n) is 4.00. The van der Waals surface area contributed by atoms with E-state index in [0.29, 0.717) is 36.6 Å². The zero-order valence-electron chi connectivity index (χ0n) is 18.3. The van der Waals surface area contributed by atoms with Gasteiger partial charge in [0.2, 0.25) is 0 Å². The number of anilines is 1. The summed E-state index contributed by atoms with van der Waals surface area (Å²) in [7, 11) is -3.94. The third-order valence-corrected chi connectivity index (χ3v) is 6.12. The van der Waals surface area contributed by atoms with E-state index in [-0.39, 0.29) is 18.6 Å². The average molecular weight is 477 g/mol. The highest BCUT2D eigenvalue weighted by Crippen LogP contribution is 2.31. The molecule has 3 atom stereocenters. The first-order valence-electron chi connectivity index (χ1n) is 10.7. The highest BCUT2D eigenvalue weighted by Gasteiger charge is 2.28. The van der Waals surface area contributed by atoms with Gasteiger partial charge >= 0.3 is 10.3 Å². The number of nitrogens with two attached hydrogens (primary N) is 1. The molecule has 33 heavy (non-hydrogen) atoms. The Morgan fingerprint density at radius 1 is 1.24 bits per heavy atom. The summed E-state index contributed by atoms with van der Waals surface area (Å²) in [6.07, 6.45) is 8.06. The summed E-state index contributed by atoms with van der Waals surface area (Å²) >= 11 is 0. The highest BCUT2D eigenvalue weighted by molar-refractivity contribution is 7.84. The Morgan fingerprint density at radius 3 is 2.73 bits per heavy atom. The van der Waals surface area contributed by atoms with Gasteiger partial charge in [-0.3, -0.25) is 13.5 Å². The first kappa shape index (κ1) is 23.3. The minimum Gasteiger partial charge on any atom is -0.382 e. The van der Waals surface area contributed by atoms with Crippen molar-refractivity contribution in [2.45, 2.75) is 51.4 Å². The van der Waals surface area contributed by atoms with Crippen LogP contribution < -0.4 is 10.5 Å². The second-order valence-corrected chi connectivity index (χ2v) is 9.47. The molecule has 3 unspecified atom stereocenters. The van der Waals surface area contributed by atoms with E-state index in [0.717, 1.165) is 18.5 Å². The Kier molecular flexibility index (Phi) is 7.02. The molecule has 0 aromatic carbocycles. The Balaban J connectivity index is 1.37. The molecule has 178 valence electrons. The fourth-order valence-corrected chi connectivity index (χ4v) is 4.38. The lowest BCUT2D eigenvalue weighted by Crippen LogP contribution is -2.22. The average Bonchev–Trinajstić information content (AvgIpc) is 3.51. The maximum Gasteiger partial charge on any atom is 0.333 e. The van der Waals surface area contributed by atoms with Crippen LogP contribution >= 0.6 is 0 Å². The normalized spacial score (nSPS) is 19.6. The van der Waals surface area contributed by atoms with Crippen molar-refractivity contribution in [1.82, 2.24) is 29.5 Å². The monoisotopic (exact) mass is 476 g/mol. The van der Waals surface area contributed by atoms with Crippen molar-refractivity contribution < 1.29 is 17.7 Å². The Morgan fingerprint density at radius 2 is 2.00 bits per heavy atom. The van der Waals surface area contributed by atoms with E-state index >= 15 is 0 Å². The summed E-state index contributed by atoms with van der Waals surface area (Å²) in [6.45, 7) is 3.29. The largest absolute Gasteiger partial charge is 0.382 e. The summed E-state index contributed by atoms with van der Waals surface area (Å²) in [5, 5.41) is 28.1. The number of aliphatic hydroxyl groups excluding tert-OH is 1. The number of hydrogen-bond acceptors (Lipinski definition) is 9. The van der Waals surface area contributed by atoms with Crippen LogP contribution in [0.5, 0.6) is 0 Å². The molecular weight excluding hydrogens is 448 g/mol. The number of nitrogens with one attached hydrogen (secondary N) is 1. The topological polar surface area (TPSA) is 163 Å². The van der Waals surface area contributed by atoms with E-state index in [1.54, 1.807) is 16.9 Å². The molecule has 0 spiro atoms. The molecule has 0 radical (unpaired) electrons. The van der Waals surface area contributed by atoms with E-state index in [1.165, 1.54) is 6.33 Å². The molecule has 3 aromatic heterocycles. The van der Waals surface area contributed by atoms with Gasteiger partial charge in [-0.2, -0.15) is 18.6 Å². The van der Waals surface area contributed by atoms with E-state index in [9.17, 15) is 13.5 Å². The Hall–Kier alpha value is -2.87. The molecule has 12 nitrogen and oxygen atoms in total. The number of rotatable bonds is 10. The Labute approximate surface area is 192 Å². The number of aryl methyl sites for hydroxylation is 3. The van der Waals surface area contributed by atoms with Crippen molar-refractivity contribution >= 4 is 16.1 Å². The van der Waals surface area contributed by atoms with Gasteiger partial charge in [-0.1, -0.05) is 0 Å². The molecule has 13 heteroatoms. The van der Waals surface area contributed by atoms with Gasteiger partial charge in [0.05, 0.1) is 31.1 Å². The lowest BCUT2D eigenvalue weighted by molar-refractivity contribution is 0.213. The van der Waals surface area contributed by atoms with E-state index in [4.69, 9.17) is 9.32 Å². The van der Waals surface area contributed by atoms with E-state index in [2.05, 4.69) is 25.5 Å². The first-order valence-corrected chi connectivity index (χ1v) is 12.2. The van der Waals surface area contributed by atoms with Gasteiger partial charge in [-0.25, -0.2) is 15.1 Å². The number of nitrogens with zero attached hydrogens (tertiary/aromatic N) is 6. The van der Waals surface area contributed by atoms with Gasteiger partial charge in [0.25, 0.3) is 0 Å². The van der Waals surface area contributed by atoms with Gasteiger partial charge in [0.1, 0.15) is 18.2 Å². The molecular formula is C20H28N8O4S. The molecule has 0 aliphatic heterocycles. The standard InChI is InChI=1S/C20H28N8O4S/c1-14-4-6-27(25-14)8-9-28-7-5-18(26-28)19(29)17-11-22-13-23-20(17)24-16-3-2-15(10-16)12-32-33(21,30)31/h4-7,11,13,15-16,19,29H,2-3,8-10,12H2,1H3,(H2,21,30,31)(H,22,23,24). The molecule has 0 bridgehead atoms. The lowest BCUT2D eigenvalue weighted by atomic mass is 10.1. The molecule has 0 saturated heterocycles. The highest BCUT2D eigenvalue weighted by atomic mass is 32.2. The van der Waals surface area contributed by atoms with Crippen molar-refractivity contribution in [1.29, 1.82) is 0 Å². The second kappa shape index (κ2) is 9.95. The van der Waals surface area contributed by atoms with Crippen LogP contribution in [0.3, 0.4) is 0 Å². The number of hydrogen-bond donors (Lipinski definition) is 3. The van der Waals surface area contributed by atoms with Gasteiger partial charge < -0.3 is 10.4 Å². The zero-order valence-corrected chi connectivity index (χ0v) is 19.1. The molecule has 1 fully saturated rings. The summed E-state index contributed by atoms with van der Waals surface area (Å²) in [6, 6.07) is 3.78. The van der Waals surface area contributed by atoms with Crippen LogP contribution in [-0.4, -0.2) is 55.7 Å². The van der Waals surface area contributed by atoms with Crippen LogP contribution in [0.15, 0.2) is 37.1 Å². The quantitative estimate of drug-likeness (QED) is 0.383. The van der Waals surface area contributed by atoms with Gasteiger partial charge in [0, 0.05) is 30.2 Å². The van der Waals surface area contributed by atoms with Gasteiger partial charge in [0.15, 0.2) is 0 Å². The van der Waals surface area contributed by atoms with Crippen LogP contribution in [0.4, 0.5) is 5.82 Å². The molecule has 1 saturated carbocycles. The van der Waals surface area contributed by atoms with Gasteiger partial charge in [-0.15, -0.1) is 0 Å². The van der Waals surface area contributed by atoms with E-state index < -0.39 is 16.4 Å². The Bertz CT molecular complexity index is 1180. The van der Waals surface area contributed by atoms with E-state index in [1.807, 2.05) is 30.1 Å². The molecule has 1 aliphatic rings. The first-order chi connectivity index (χ1) is 15.8. The van der Waals surface area contributed by atoms with Crippen LogP contribution in [0.1, 0.15) is 42.3 Å². The fraction of sp³-hybridized carbons (Fsp3) is 0.500. The summed E-state index contributed by atoms with van der Waals surface area (Å²) in [4.78, 5) is 8.37. The minimum atomic E-state index is -3.94. The van der Waals surface area contributed by atoms with Crippen molar-refractivity contribution in [2.24, 2.45) is 11.1 Å². The third-order valence-electron chi connectivity index (χ3n) is 5.66. The van der Waals surface area contributed by atoms with Crippen molar-refractivity contribution in [3.63, 3.8) is 0 Å². The summed E-state index contributed by atoms with van der Waals surface area (Å²) in [5.74, 6) is 0.599. The lowest BCUT2D eigenvalue weighted by Gasteiger charge is -2.18. The van der Waals surface area contributed by atoms with Gasteiger partial charge in [-0.05, 0) is 44.2 Å². The van der Waals surface area contributed by atoms with Crippen molar-refractivity contribution in [3.05, 3.63) is 54.0 Å². The molecule has 0 amide bonds. The minimum absolute atomic E-state index is 0.0613. The predicted octanol–water partition coefficient (Wildman–Crippen LogP) is 0.761. The van der Waals surface area contributed by atoms with Crippen LogP contribution in [0.25, 0.3) is 0 Å². The molecule has 3 heterocycles. The summed E-state index contributed by atoms with van der Waals surface area (Å²) < 4.78 is 30.4. The van der Waals surface area contributed by atoms with Crippen molar-refractivity contribution in [3.8, 4) is 0 Å². The SMILES string of the molecule is Cc1ccn(CCn2ccc(C(O)c3cncnc3NC3CCC(COS(N)(=O)=O)C3)n2)n1. The van der Waals surface area contributed by atoms with Crippen LogP contribution in [-0.2, 0) is 27.6 Å². The maximum atomic E-state index is 11.0. The van der Waals surface area contributed by atoms with Crippen LogP contribution in [0.2, 0.25) is 0 Å². The zero-order chi connectivity index (χ0) is 23.4. The molecule has 1 aliphatic carbocycles. The predicted molar refractivity (Wildman–Crippen MR) is 119 cm³/mol.